The van der Waals surface area contributed by atoms with Crippen LogP contribution in [0.2, 0.25) is 5.02 Å². The van der Waals surface area contributed by atoms with E-state index < -0.39 is 0 Å². The van der Waals surface area contributed by atoms with Crippen LogP contribution in [0, 0.1) is 6.92 Å². The minimum absolute atomic E-state index is 0.691. The van der Waals surface area contributed by atoms with Gasteiger partial charge in [-0.1, -0.05) is 17.7 Å². The van der Waals surface area contributed by atoms with Crippen LogP contribution in [0.5, 0.6) is 11.5 Å². The lowest BCUT2D eigenvalue weighted by atomic mass is 10.1. The van der Waals surface area contributed by atoms with Crippen molar-refractivity contribution >= 4 is 17.4 Å². The average molecular weight is 370 g/mol. The van der Waals surface area contributed by atoms with E-state index in [2.05, 4.69) is 12.2 Å². The van der Waals surface area contributed by atoms with Crippen molar-refractivity contribution in [1.29, 1.82) is 0 Å². The Bertz CT molecular complexity index is 981. The first kappa shape index (κ1) is 16.8. The SMILES string of the molecule is COc1ccc(-c2nn(-c3cc(Cl)ccc3C)c3c2CCN3)c(OC)c1. The monoisotopic (exact) mass is 369 g/mol. The van der Waals surface area contributed by atoms with Gasteiger partial charge < -0.3 is 14.8 Å². The van der Waals surface area contributed by atoms with Crippen molar-refractivity contribution in [2.24, 2.45) is 0 Å². The lowest BCUT2D eigenvalue weighted by molar-refractivity contribution is 0.395. The van der Waals surface area contributed by atoms with Crippen molar-refractivity contribution in [3.63, 3.8) is 0 Å². The second kappa shape index (κ2) is 6.57. The lowest BCUT2D eigenvalue weighted by Gasteiger charge is -2.11. The Labute approximate surface area is 157 Å². The summed E-state index contributed by atoms with van der Waals surface area (Å²) in [6, 6.07) is 11.6. The standard InChI is InChI=1S/C20H20ClN3O2/c1-12-4-5-13(21)10-17(12)24-20-16(8-9-22-20)19(23-24)15-7-6-14(25-2)11-18(15)26-3/h4-7,10-11,22H,8-9H2,1-3H3. The number of methoxy groups -OCH3 is 2. The van der Waals surface area contributed by atoms with Gasteiger partial charge in [0, 0.05) is 28.8 Å². The molecule has 0 aliphatic carbocycles. The molecule has 2 aromatic carbocycles. The Morgan fingerprint density at radius 1 is 1.12 bits per heavy atom. The van der Waals surface area contributed by atoms with Crippen molar-refractivity contribution < 1.29 is 9.47 Å². The first-order valence-corrected chi connectivity index (χ1v) is 8.85. The third-order valence-electron chi connectivity index (χ3n) is 4.71. The Balaban J connectivity index is 1.91. The molecule has 1 aliphatic rings. The molecule has 1 aliphatic heterocycles. The van der Waals surface area contributed by atoms with E-state index in [-0.39, 0.29) is 0 Å². The molecular formula is C20H20ClN3O2. The minimum Gasteiger partial charge on any atom is -0.497 e. The van der Waals surface area contributed by atoms with Gasteiger partial charge in [-0.05, 0) is 43.2 Å². The van der Waals surface area contributed by atoms with Gasteiger partial charge in [0.2, 0.25) is 0 Å². The fraction of sp³-hybridized carbons (Fsp3) is 0.250. The molecule has 0 bridgehead atoms. The van der Waals surface area contributed by atoms with Crippen molar-refractivity contribution in [1.82, 2.24) is 9.78 Å². The molecule has 5 nitrogen and oxygen atoms in total. The van der Waals surface area contributed by atoms with Crippen molar-refractivity contribution in [3.05, 3.63) is 52.5 Å². The van der Waals surface area contributed by atoms with E-state index >= 15 is 0 Å². The highest BCUT2D eigenvalue weighted by molar-refractivity contribution is 6.30. The van der Waals surface area contributed by atoms with E-state index in [4.69, 9.17) is 26.2 Å². The molecule has 0 saturated carbocycles. The van der Waals surface area contributed by atoms with Crippen LogP contribution >= 0.6 is 11.6 Å². The highest BCUT2D eigenvalue weighted by atomic mass is 35.5. The van der Waals surface area contributed by atoms with Gasteiger partial charge in [0.05, 0.1) is 19.9 Å². The number of rotatable bonds is 4. The topological polar surface area (TPSA) is 48.3 Å². The molecule has 1 aromatic heterocycles. The number of nitrogens with zero attached hydrogens (tertiary/aromatic N) is 2. The van der Waals surface area contributed by atoms with E-state index in [0.717, 1.165) is 52.8 Å². The second-order valence-corrected chi connectivity index (χ2v) is 6.70. The number of hydrogen-bond donors (Lipinski definition) is 1. The van der Waals surface area contributed by atoms with Gasteiger partial charge in [-0.2, -0.15) is 5.10 Å². The zero-order chi connectivity index (χ0) is 18.3. The number of fused-ring (bicyclic) bond motifs is 1. The molecule has 26 heavy (non-hydrogen) atoms. The summed E-state index contributed by atoms with van der Waals surface area (Å²) >= 11 is 6.23. The summed E-state index contributed by atoms with van der Waals surface area (Å²) in [6.45, 7) is 2.95. The molecule has 6 heteroatoms. The maximum absolute atomic E-state index is 6.23. The van der Waals surface area contributed by atoms with Gasteiger partial charge in [0.25, 0.3) is 0 Å². The Morgan fingerprint density at radius 3 is 2.73 bits per heavy atom. The first-order valence-electron chi connectivity index (χ1n) is 8.47. The molecular weight excluding hydrogens is 350 g/mol. The molecule has 134 valence electrons. The number of halogens is 1. The Hall–Kier alpha value is -2.66. The zero-order valence-corrected chi connectivity index (χ0v) is 15.7. The van der Waals surface area contributed by atoms with Gasteiger partial charge in [-0.15, -0.1) is 0 Å². The maximum Gasteiger partial charge on any atom is 0.133 e. The third kappa shape index (κ3) is 2.69. The van der Waals surface area contributed by atoms with Crippen LogP contribution in [0.4, 0.5) is 5.82 Å². The number of aromatic nitrogens is 2. The number of hydrogen-bond acceptors (Lipinski definition) is 4. The molecule has 0 unspecified atom stereocenters. The number of aryl methyl sites for hydroxylation is 1. The van der Waals surface area contributed by atoms with Gasteiger partial charge in [-0.25, -0.2) is 4.68 Å². The van der Waals surface area contributed by atoms with Gasteiger partial charge in [0.15, 0.2) is 0 Å². The summed E-state index contributed by atoms with van der Waals surface area (Å²) in [6.07, 6.45) is 0.916. The summed E-state index contributed by atoms with van der Waals surface area (Å²) in [7, 11) is 3.31. The molecule has 0 amide bonds. The lowest BCUT2D eigenvalue weighted by Crippen LogP contribution is -2.05. The quantitative estimate of drug-likeness (QED) is 0.736. The minimum atomic E-state index is 0.691. The molecule has 0 radical (unpaired) electrons. The molecule has 0 spiro atoms. The predicted octanol–water partition coefficient (Wildman–Crippen LogP) is 4.49. The first-order chi connectivity index (χ1) is 12.6. The molecule has 0 fully saturated rings. The van der Waals surface area contributed by atoms with Crippen molar-refractivity contribution in [3.8, 4) is 28.4 Å². The third-order valence-corrected chi connectivity index (χ3v) is 4.95. The van der Waals surface area contributed by atoms with Crippen LogP contribution < -0.4 is 14.8 Å². The fourth-order valence-electron chi connectivity index (χ4n) is 3.37. The van der Waals surface area contributed by atoms with Gasteiger partial charge in [-0.3, -0.25) is 0 Å². The number of anilines is 1. The second-order valence-electron chi connectivity index (χ2n) is 6.26. The van der Waals surface area contributed by atoms with Crippen LogP contribution in [0.15, 0.2) is 36.4 Å². The highest BCUT2D eigenvalue weighted by Gasteiger charge is 2.26. The predicted molar refractivity (Wildman–Crippen MR) is 104 cm³/mol. The molecule has 3 aromatic rings. The molecule has 4 rings (SSSR count). The molecule has 2 heterocycles. The number of nitrogens with one attached hydrogen (secondary N) is 1. The number of ether oxygens (including phenoxy) is 2. The fourth-order valence-corrected chi connectivity index (χ4v) is 3.54. The molecule has 0 saturated heterocycles. The van der Waals surface area contributed by atoms with Crippen LogP contribution in [-0.2, 0) is 6.42 Å². The Kier molecular flexibility index (Phi) is 4.24. The van der Waals surface area contributed by atoms with Crippen LogP contribution in [0.3, 0.4) is 0 Å². The summed E-state index contributed by atoms with van der Waals surface area (Å²) in [4.78, 5) is 0. The number of benzene rings is 2. The summed E-state index contributed by atoms with van der Waals surface area (Å²) in [5, 5.41) is 9.06. The normalized spacial score (nSPS) is 12.6. The highest BCUT2D eigenvalue weighted by Crippen LogP contribution is 2.40. The molecule has 1 N–H and O–H groups in total. The zero-order valence-electron chi connectivity index (χ0n) is 15.0. The maximum atomic E-state index is 6.23. The van der Waals surface area contributed by atoms with E-state index in [9.17, 15) is 0 Å². The van der Waals surface area contributed by atoms with Gasteiger partial charge >= 0.3 is 0 Å². The van der Waals surface area contributed by atoms with Crippen molar-refractivity contribution in [2.45, 2.75) is 13.3 Å². The largest absolute Gasteiger partial charge is 0.497 e. The van der Waals surface area contributed by atoms with Crippen molar-refractivity contribution in [2.75, 3.05) is 26.1 Å². The average Bonchev–Trinajstić information content (AvgIpc) is 3.26. The van der Waals surface area contributed by atoms with E-state index in [1.165, 1.54) is 5.56 Å². The van der Waals surface area contributed by atoms with Crippen LogP contribution in [0.1, 0.15) is 11.1 Å². The van der Waals surface area contributed by atoms with Gasteiger partial charge in [0.1, 0.15) is 23.0 Å². The summed E-state index contributed by atoms with van der Waals surface area (Å²) in [5.41, 5.74) is 5.15. The van der Waals surface area contributed by atoms with Crippen LogP contribution in [0.25, 0.3) is 16.9 Å². The van der Waals surface area contributed by atoms with E-state index in [1.807, 2.05) is 41.1 Å². The summed E-state index contributed by atoms with van der Waals surface area (Å²) < 4.78 is 12.8. The Morgan fingerprint density at radius 2 is 1.96 bits per heavy atom. The van der Waals surface area contributed by atoms with E-state index in [0.29, 0.717) is 5.02 Å². The summed E-state index contributed by atoms with van der Waals surface area (Å²) in [5.74, 6) is 2.51. The van der Waals surface area contributed by atoms with Crippen LogP contribution in [-0.4, -0.2) is 30.5 Å². The van der Waals surface area contributed by atoms with E-state index in [1.54, 1.807) is 14.2 Å². The smallest absolute Gasteiger partial charge is 0.133 e. The molecule has 0 atom stereocenters.